The molecule has 2 heteroatoms. The van der Waals surface area contributed by atoms with Gasteiger partial charge in [-0.25, -0.2) is 0 Å². The molecule has 18 heavy (non-hydrogen) atoms. The molecular weight excluding hydrogens is 222 g/mol. The summed E-state index contributed by atoms with van der Waals surface area (Å²) in [5.41, 5.74) is 4.12. The summed E-state index contributed by atoms with van der Waals surface area (Å²) in [7, 11) is 3.82. The van der Waals surface area contributed by atoms with Crippen LogP contribution in [-0.4, -0.2) is 19.8 Å². The summed E-state index contributed by atoms with van der Waals surface area (Å²) < 4.78 is 5.50. The fourth-order valence-corrected chi connectivity index (χ4v) is 2.40. The van der Waals surface area contributed by atoms with Crippen LogP contribution in [-0.2, 0) is 4.74 Å². The molecule has 1 unspecified atom stereocenters. The zero-order chi connectivity index (χ0) is 13.8. The van der Waals surface area contributed by atoms with Gasteiger partial charge in [0, 0.05) is 13.2 Å². The van der Waals surface area contributed by atoms with Gasteiger partial charge in [-0.05, 0) is 64.3 Å². The molecule has 1 atom stereocenters. The van der Waals surface area contributed by atoms with Gasteiger partial charge in [0.15, 0.2) is 0 Å². The lowest BCUT2D eigenvalue weighted by atomic mass is 9.90. The molecule has 0 bridgehead atoms. The summed E-state index contributed by atoms with van der Waals surface area (Å²) in [5, 5.41) is 3.44. The Labute approximate surface area is 112 Å². The quantitative estimate of drug-likeness (QED) is 0.828. The van der Waals surface area contributed by atoms with Crippen molar-refractivity contribution in [1.82, 2.24) is 5.32 Å². The first kappa shape index (κ1) is 15.2. The van der Waals surface area contributed by atoms with E-state index in [1.54, 1.807) is 7.11 Å². The number of rotatable bonds is 6. The van der Waals surface area contributed by atoms with Crippen LogP contribution in [0.5, 0.6) is 0 Å². The average Bonchev–Trinajstić information content (AvgIpc) is 2.33. The van der Waals surface area contributed by atoms with E-state index in [4.69, 9.17) is 4.74 Å². The lowest BCUT2D eigenvalue weighted by molar-refractivity contribution is 0.0118. The molecule has 1 rings (SSSR count). The van der Waals surface area contributed by atoms with Crippen LogP contribution in [0.3, 0.4) is 0 Å². The Morgan fingerprint density at radius 3 is 2.22 bits per heavy atom. The van der Waals surface area contributed by atoms with E-state index in [1.807, 2.05) is 7.05 Å². The topological polar surface area (TPSA) is 21.3 Å². The largest absolute Gasteiger partial charge is 0.379 e. The van der Waals surface area contributed by atoms with Crippen molar-refractivity contribution >= 4 is 0 Å². The third-order valence-electron chi connectivity index (χ3n) is 3.83. The Hall–Kier alpha value is -0.860. The second-order valence-electron chi connectivity index (χ2n) is 5.65. The van der Waals surface area contributed by atoms with Crippen molar-refractivity contribution in [2.45, 2.75) is 52.2 Å². The highest BCUT2D eigenvalue weighted by Crippen LogP contribution is 2.28. The number of hydrogen-bond acceptors (Lipinski definition) is 2. The lowest BCUT2D eigenvalue weighted by Crippen LogP contribution is -2.26. The molecule has 0 amide bonds. The first-order valence-corrected chi connectivity index (χ1v) is 6.70. The molecule has 0 fully saturated rings. The molecule has 2 nitrogen and oxygen atoms in total. The molecule has 0 saturated carbocycles. The Kier molecular flexibility index (Phi) is 5.36. The van der Waals surface area contributed by atoms with Crippen LogP contribution >= 0.6 is 0 Å². The van der Waals surface area contributed by atoms with Crippen molar-refractivity contribution in [3.8, 4) is 0 Å². The van der Waals surface area contributed by atoms with Crippen molar-refractivity contribution in [1.29, 1.82) is 0 Å². The number of nitrogens with one attached hydrogen (secondary N) is 1. The molecule has 0 spiro atoms. The summed E-state index contributed by atoms with van der Waals surface area (Å²) in [6.45, 7) is 8.66. The Morgan fingerprint density at radius 2 is 1.78 bits per heavy atom. The Morgan fingerprint density at radius 1 is 1.22 bits per heavy atom. The van der Waals surface area contributed by atoms with E-state index >= 15 is 0 Å². The molecule has 1 aromatic rings. The van der Waals surface area contributed by atoms with Crippen molar-refractivity contribution < 1.29 is 4.74 Å². The second kappa shape index (κ2) is 6.35. The standard InChI is InChI=1S/C16H27NO/c1-12-8-7-9-13(2)15(12)14(17-5)10-11-16(3,4)18-6/h7-9,14,17H,10-11H2,1-6H3. The lowest BCUT2D eigenvalue weighted by Gasteiger charge is -2.27. The highest BCUT2D eigenvalue weighted by Gasteiger charge is 2.21. The molecule has 1 aromatic carbocycles. The summed E-state index contributed by atoms with van der Waals surface area (Å²) in [6, 6.07) is 6.91. The van der Waals surface area contributed by atoms with E-state index in [9.17, 15) is 0 Å². The maximum Gasteiger partial charge on any atom is 0.0623 e. The third-order valence-corrected chi connectivity index (χ3v) is 3.83. The second-order valence-corrected chi connectivity index (χ2v) is 5.65. The molecule has 0 radical (unpaired) electrons. The van der Waals surface area contributed by atoms with E-state index in [-0.39, 0.29) is 5.60 Å². The Balaban J connectivity index is 2.84. The van der Waals surface area contributed by atoms with E-state index in [0.717, 1.165) is 12.8 Å². The van der Waals surface area contributed by atoms with E-state index in [0.29, 0.717) is 6.04 Å². The van der Waals surface area contributed by atoms with Crippen LogP contribution in [0, 0.1) is 13.8 Å². The molecule has 0 aliphatic heterocycles. The van der Waals surface area contributed by atoms with Gasteiger partial charge in [0.25, 0.3) is 0 Å². The monoisotopic (exact) mass is 249 g/mol. The third kappa shape index (κ3) is 3.82. The number of hydrogen-bond donors (Lipinski definition) is 1. The predicted octanol–water partition coefficient (Wildman–Crippen LogP) is 3.77. The van der Waals surface area contributed by atoms with Crippen molar-refractivity contribution in [2.24, 2.45) is 0 Å². The van der Waals surface area contributed by atoms with Gasteiger partial charge in [-0.1, -0.05) is 18.2 Å². The van der Waals surface area contributed by atoms with Crippen LogP contribution < -0.4 is 5.32 Å². The minimum Gasteiger partial charge on any atom is -0.379 e. The van der Waals surface area contributed by atoms with Gasteiger partial charge in [0.1, 0.15) is 0 Å². The van der Waals surface area contributed by atoms with Crippen LogP contribution in [0.15, 0.2) is 18.2 Å². The summed E-state index contributed by atoms with van der Waals surface area (Å²) in [5.74, 6) is 0. The predicted molar refractivity (Wildman–Crippen MR) is 78.0 cm³/mol. The smallest absolute Gasteiger partial charge is 0.0623 e. The first-order valence-electron chi connectivity index (χ1n) is 6.70. The average molecular weight is 249 g/mol. The fraction of sp³-hybridized carbons (Fsp3) is 0.625. The SMILES string of the molecule is CNC(CCC(C)(C)OC)c1c(C)cccc1C. The van der Waals surface area contributed by atoms with E-state index < -0.39 is 0 Å². The molecule has 102 valence electrons. The zero-order valence-corrected chi connectivity index (χ0v) is 12.6. The normalized spacial score (nSPS) is 13.7. The van der Waals surface area contributed by atoms with Gasteiger partial charge in [-0.15, -0.1) is 0 Å². The molecular formula is C16H27NO. The van der Waals surface area contributed by atoms with Gasteiger partial charge >= 0.3 is 0 Å². The minimum absolute atomic E-state index is 0.0499. The van der Waals surface area contributed by atoms with Crippen LogP contribution in [0.4, 0.5) is 0 Å². The maximum atomic E-state index is 5.50. The summed E-state index contributed by atoms with van der Waals surface area (Å²) >= 11 is 0. The van der Waals surface area contributed by atoms with Crippen LogP contribution in [0.25, 0.3) is 0 Å². The highest BCUT2D eigenvalue weighted by molar-refractivity contribution is 5.36. The van der Waals surface area contributed by atoms with Gasteiger partial charge < -0.3 is 10.1 Å². The van der Waals surface area contributed by atoms with Crippen molar-refractivity contribution in [3.05, 3.63) is 34.9 Å². The van der Waals surface area contributed by atoms with Gasteiger partial charge in [0.05, 0.1) is 5.60 Å². The number of benzene rings is 1. The molecule has 0 aliphatic carbocycles. The first-order chi connectivity index (χ1) is 8.41. The van der Waals surface area contributed by atoms with Gasteiger partial charge in [-0.2, -0.15) is 0 Å². The molecule has 0 saturated heterocycles. The maximum absolute atomic E-state index is 5.50. The molecule has 0 heterocycles. The summed E-state index contributed by atoms with van der Waals surface area (Å²) in [4.78, 5) is 0. The molecule has 0 aliphatic rings. The highest BCUT2D eigenvalue weighted by atomic mass is 16.5. The number of ether oxygens (including phenoxy) is 1. The van der Waals surface area contributed by atoms with E-state index in [1.165, 1.54) is 16.7 Å². The van der Waals surface area contributed by atoms with Crippen LogP contribution in [0.2, 0.25) is 0 Å². The molecule has 0 aromatic heterocycles. The zero-order valence-electron chi connectivity index (χ0n) is 12.6. The number of methoxy groups -OCH3 is 1. The van der Waals surface area contributed by atoms with Crippen molar-refractivity contribution in [2.75, 3.05) is 14.2 Å². The fourth-order valence-electron chi connectivity index (χ4n) is 2.40. The summed E-state index contributed by atoms with van der Waals surface area (Å²) in [6.07, 6.45) is 2.13. The molecule has 1 N–H and O–H groups in total. The van der Waals surface area contributed by atoms with Crippen LogP contribution in [0.1, 0.15) is 49.4 Å². The van der Waals surface area contributed by atoms with Gasteiger partial charge in [-0.3, -0.25) is 0 Å². The van der Waals surface area contributed by atoms with Gasteiger partial charge in [0.2, 0.25) is 0 Å². The Bertz CT molecular complexity index is 364. The number of aryl methyl sites for hydroxylation is 2. The van der Waals surface area contributed by atoms with Crippen molar-refractivity contribution in [3.63, 3.8) is 0 Å². The van der Waals surface area contributed by atoms with E-state index in [2.05, 4.69) is 51.2 Å². The minimum atomic E-state index is -0.0499.